The Morgan fingerprint density at radius 2 is 2.15 bits per heavy atom. The van der Waals surface area contributed by atoms with Gasteiger partial charge in [0.2, 0.25) is 0 Å². The molecule has 0 aromatic carbocycles. The fraction of sp³-hybridized carbons (Fsp3) is 0.333. The van der Waals surface area contributed by atoms with Gasteiger partial charge in [-0.1, -0.05) is 11.3 Å². The molecule has 0 atom stereocenters. The SMILES string of the molecule is COC(=O)c1nc(NCc2ncc(C)s2)sc1C(C)=O. The zero-order chi connectivity index (χ0) is 14.7. The van der Waals surface area contributed by atoms with Gasteiger partial charge in [0, 0.05) is 18.0 Å². The third kappa shape index (κ3) is 3.20. The molecule has 6 nitrogen and oxygen atoms in total. The number of nitrogens with one attached hydrogen (secondary N) is 1. The van der Waals surface area contributed by atoms with E-state index >= 15 is 0 Å². The molecular weight excluding hydrogens is 298 g/mol. The maximum absolute atomic E-state index is 11.6. The van der Waals surface area contributed by atoms with Gasteiger partial charge in [-0.25, -0.2) is 14.8 Å². The zero-order valence-corrected chi connectivity index (χ0v) is 12.9. The van der Waals surface area contributed by atoms with E-state index < -0.39 is 5.97 Å². The molecule has 2 rings (SSSR count). The summed E-state index contributed by atoms with van der Waals surface area (Å²) in [5, 5.41) is 4.49. The Morgan fingerprint density at radius 1 is 1.40 bits per heavy atom. The van der Waals surface area contributed by atoms with E-state index in [1.54, 1.807) is 17.5 Å². The van der Waals surface area contributed by atoms with E-state index in [0.29, 0.717) is 16.6 Å². The average Bonchev–Trinajstić information content (AvgIpc) is 3.01. The van der Waals surface area contributed by atoms with Crippen molar-refractivity contribution in [1.82, 2.24) is 9.97 Å². The van der Waals surface area contributed by atoms with E-state index in [1.165, 1.54) is 14.0 Å². The number of nitrogens with zero attached hydrogens (tertiary/aromatic N) is 2. The molecule has 2 aromatic rings. The van der Waals surface area contributed by atoms with Gasteiger partial charge in [0.25, 0.3) is 0 Å². The molecule has 0 amide bonds. The lowest BCUT2D eigenvalue weighted by Crippen LogP contribution is -2.07. The van der Waals surface area contributed by atoms with Crippen molar-refractivity contribution in [3.05, 3.63) is 26.7 Å². The number of carbonyl (C=O) groups excluding carboxylic acids is 2. The van der Waals surface area contributed by atoms with Gasteiger partial charge in [0.1, 0.15) is 9.88 Å². The lowest BCUT2D eigenvalue weighted by Gasteiger charge is -1.97. The molecule has 2 aromatic heterocycles. The molecule has 0 fully saturated rings. The fourth-order valence-corrected chi connectivity index (χ4v) is 3.07. The van der Waals surface area contributed by atoms with Crippen molar-refractivity contribution in [2.24, 2.45) is 0 Å². The number of rotatable bonds is 5. The highest BCUT2D eigenvalue weighted by Gasteiger charge is 2.21. The Labute approximate surface area is 123 Å². The van der Waals surface area contributed by atoms with E-state index in [2.05, 4.69) is 20.0 Å². The number of aromatic nitrogens is 2. The third-order valence-electron chi connectivity index (χ3n) is 2.39. The fourth-order valence-electron chi connectivity index (χ4n) is 1.50. The van der Waals surface area contributed by atoms with Crippen LogP contribution in [0.1, 0.15) is 37.0 Å². The van der Waals surface area contributed by atoms with Crippen LogP contribution in [0, 0.1) is 6.92 Å². The maximum Gasteiger partial charge on any atom is 0.358 e. The average molecular weight is 311 g/mol. The van der Waals surface area contributed by atoms with Crippen LogP contribution in [-0.4, -0.2) is 28.8 Å². The molecular formula is C12H13N3O3S2. The van der Waals surface area contributed by atoms with Crippen molar-refractivity contribution in [1.29, 1.82) is 0 Å². The molecule has 106 valence electrons. The van der Waals surface area contributed by atoms with Gasteiger partial charge in [0.05, 0.1) is 13.7 Å². The number of hydrogen-bond donors (Lipinski definition) is 1. The van der Waals surface area contributed by atoms with Gasteiger partial charge in [-0.3, -0.25) is 4.79 Å². The second kappa shape index (κ2) is 6.10. The highest BCUT2D eigenvalue weighted by molar-refractivity contribution is 7.17. The van der Waals surface area contributed by atoms with Crippen molar-refractivity contribution in [3.63, 3.8) is 0 Å². The lowest BCUT2D eigenvalue weighted by molar-refractivity contribution is 0.0591. The summed E-state index contributed by atoms with van der Waals surface area (Å²) in [4.78, 5) is 32.8. The van der Waals surface area contributed by atoms with Crippen LogP contribution in [0.4, 0.5) is 5.13 Å². The van der Waals surface area contributed by atoms with Gasteiger partial charge in [-0.15, -0.1) is 11.3 Å². The van der Waals surface area contributed by atoms with Crippen LogP contribution in [0.25, 0.3) is 0 Å². The molecule has 0 saturated heterocycles. The monoisotopic (exact) mass is 311 g/mol. The third-order valence-corrected chi connectivity index (χ3v) is 4.41. The van der Waals surface area contributed by atoms with Crippen LogP contribution >= 0.6 is 22.7 Å². The summed E-state index contributed by atoms with van der Waals surface area (Å²) < 4.78 is 4.62. The second-order valence-corrected chi connectivity index (χ2v) is 6.28. The van der Waals surface area contributed by atoms with E-state index in [1.807, 2.05) is 6.92 Å². The number of thiazole rings is 2. The van der Waals surface area contributed by atoms with Crippen molar-refractivity contribution < 1.29 is 14.3 Å². The summed E-state index contributed by atoms with van der Waals surface area (Å²) in [6, 6.07) is 0. The molecule has 20 heavy (non-hydrogen) atoms. The van der Waals surface area contributed by atoms with Gasteiger partial charge >= 0.3 is 5.97 Å². The summed E-state index contributed by atoms with van der Waals surface area (Å²) in [7, 11) is 1.26. The smallest absolute Gasteiger partial charge is 0.358 e. The molecule has 0 aliphatic heterocycles. The Balaban J connectivity index is 2.16. The van der Waals surface area contributed by atoms with Crippen LogP contribution in [0.3, 0.4) is 0 Å². The van der Waals surface area contributed by atoms with Crippen LogP contribution in [0.5, 0.6) is 0 Å². The van der Waals surface area contributed by atoms with Crippen LogP contribution < -0.4 is 5.32 Å². The molecule has 2 heterocycles. The molecule has 0 bridgehead atoms. The Kier molecular flexibility index (Phi) is 4.46. The van der Waals surface area contributed by atoms with Gasteiger partial charge < -0.3 is 10.1 Å². The zero-order valence-electron chi connectivity index (χ0n) is 11.2. The summed E-state index contributed by atoms with van der Waals surface area (Å²) in [6.45, 7) is 3.88. The standard InChI is InChI=1S/C12H13N3O3S2/c1-6-4-13-8(19-6)5-14-12-15-9(11(17)18-3)10(20-12)7(2)16/h4H,5H2,1-3H3,(H,14,15). The Hall–Kier alpha value is -1.80. The minimum absolute atomic E-state index is 0.0582. The highest BCUT2D eigenvalue weighted by atomic mass is 32.1. The van der Waals surface area contributed by atoms with Crippen molar-refractivity contribution in [3.8, 4) is 0 Å². The van der Waals surface area contributed by atoms with E-state index in [-0.39, 0.29) is 11.5 Å². The number of methoxy groups -OCH3 is 1. The predicted octanol–water partition coefficient (Wildman–Crippen LogP) is 2.51. The second-order valence-electron chi connectivity index (χ2n) is 3.96. The summed E-state index contributed by atoms with van der Waals surface area (Å²) >= 11 is 2.72. The first-order valence-corrected chi connectivity index (χ1v) is 7.39. The number of esters is 1. The first kappa shape index (κ1) is 14.6. The highest BCUT2D eigenvalue weighted by Crippen LogP contribution is 2.25. The normalized spacial score (nSPS) is 10.3. The summed E-state index contributed by atoms with van der Waals surface area (Å²) in [6.07, 6.45) is 1.80. The first-order valence-electron chi connectivity index (χ1n) is 5.76. The van der Waals surface area contributed by atoms with E-state index in [0.717, 1.165) is 21.2 Å². The van der Waals surface area contributed by atoms with Crippen molar-refractivity contribution in [2.75, 3.05) is 12.4 Å². The van der Waals surface area contributed by atoms with Gasteiger partial charge in [-0.05, 0) is 6.92 Å². The molecule has 1 N–H and O–H groups in total. The topological polar surface area (TPSA) is 81.2 Å². The van der Waals surface area contributed by atoms with Crippen molar-refractivity contribution in [2.45, 2.75) is 20.4 Å². The summed E-state index contributed by atoms with van der Waals surface area (Å²) in [5.74, 6) is -0.814. The number of carbonyl (C=O) groups is 2. The van der Waals surface area contributed by atoms with Gasteiger partial charge in [0.15, 0.2) is 16.6 Å². The molecule has 0 aliphatic rings. The number of ketones is 1. The number of anilines is 1. The molecule has 0 saturated carbocycles. The molecule has 0 aliphatic carbocycles. The van der Waals surface area contributed by atoms with E-state index in [9.17, 15) is 9.59 Å². The lowest BCUT2D eigenvalue weighted by atomic mass is 10.3. The Morgan fingerprint density at radius 3 is 2.70 bits per heavy atom. The van der Waals surface area contributed by atoms with Gasteiger partial charge in [-0.2, -0.15) is 0 Å². The minimum atomic E-state index is -0.607. The number of hydrogen-bond acceptors (Lipinski definition) is 8. The predicted molar refractivity (Wildman–Crippen MR) is 77.6 cm³/mol. The number of ether oxygens (including phenoxy) is 1. The van der Waals surface area contributed by atoms with Crippen LogP contribution in [0.2, 0.25) is 0 Å². The first-order chi connectivity index (χ1) is 9.51. The quantitative estimate of drug-likeness (QED) is 0.675. The Bertz CT molecular complexity index is 648. The van der Waals surface area contributed by atoms with E-state index in [4.69, 9.17) is 0 Å². The maximum atomic E-state index is 11.6. The summed E-state index contributed by atoms with van der Waals surface area (Å²) in [5.41, 5.74) is 0.0582. The molecule has 0 spiro atoms. The number of Topliss-reactive ketones (excluding diaryl/α,β-unsaturated/α-hetero) is 1. The van der Waals surface area contributed by atoms with Crippen LogP contribution in [-0.2, 0) is 11.3 Å². The van der Waals surface area contributed by atoms with Crippen LogP contribution in [0.15, 0.2) is 6.20 Å². The molecule has 8 heteroatoms. The van der Waals surface area contributed by atoms with Crippen molar-refractivity contribution >= 4 is 39.6 Å². The molecule has 0 radical (unpaired) electrons. The molecule has 0 unspecified atom stereocenters. The minimum Gasteiger partial charge on any atom is -0.464 e. The largest absolute Gasteiger partial charge is 0.464 e. The number of aryl methyl sites for hydroxylation is 1.